The first-order valence-electron chi connectivity index (χ1n) is 7.04. The van der Waals surface area contributed by atoms with Crippen molar-refractivity contribution in [2.24, 2.45) is 0 Å². The molecule has 1 aliphatic heterocycles. The molecule has 1 aromatic rings. The Hall–Kier alpha value is -1.46. The average Bonchev–Trinajstić information content (AvgIpc) is 2.46. The van der Waals surface area contributed by atoms with Gasteiger partial charge in [0, 0.05) is 19.3 Å². The van der Waals surface area contributed by atoms with E-state index in [0.717, 1.165) is 5.56 Å². The molecule has 2 heterocycles. The summed E-state index contributed by atoms with van der Waals surface area (Å²) in [6.07, 6.45) is 0.856. The summed E-state index contributed by atoms with van der Waals surface area (Å²) in [6, 6.07) is 3.71. The first-order valence-corrected chi connectivity index (χ1v) is 7.04. The van der Waals surface area contributed by atoms with Gasteiger partial charge >= 0.3 is 0 Å². The molecule has 0 aromatic carbocycles. The van der Waals surface area contributed by atoms with E-state index < -0.39 is 6.10 Å². The molecule has 2 rings (SSSR count). The molecule has 1 aromatic heterocycles. The molecule has 0 radical (unpaired) electrons. The van der Waals surface area contributed by atoms with Crippen molar-refractivity contribution >= 4 is 5.91 Å². The van der Waals surface area contributed by atoms with Crippen molar-refractivity contribution in [1.82, 2.24) is 9.88 Å². The van der Waals surface area contributed by atoms with E-state index in [1.54, 1.807) is 24.1 Å². The number of rotatable bonds is 3. The van der Waals surface area contributed by atoms with Crippen LogP contribution in [0.15, 0.2) is 18.3 Å². The van der Waals surface area contributed by atoms with Gasteiger partial charge in [0.1, 0.15) is 11.8 Å². The summed E-state index contributed by atoms with van der Waals surface area (Å²) in [4.78, 5) is 18.3. The van der Waals surface area contributed by atoms with Crippen LogP contribution in [0.2, 0.25) is 0 Å². The van der Waals surface area contributed by atoms with Gasteiger partial charge in [-0.2, -0.15) is 0 Å². The average molecular weight is 278 g/mol. The molecule has 0 bridgehead atoms. The quantitative estimate of drug-likeness (QED) is 0.908. The molecule has 5 nitrogen and oxygen atoms in total. The number of morpholine rings is 1. The number of pyridine rings is 1. The first-order chi connectivity index (χ1) is 9.49. The summed E-state index contributed by atoms with van der Waals surface area (Å²) >= 11 is 0. The molecular formula is C15H22N2O3. The molecule has 20 heavy (non-hydrogen) atoms. The van der Waals surface area contributed by atoms with Gasteiger partial charge in [0.15, 0.2) is 0 Å². The summed E-state index contributed by atoms with van der Waals surface area (Å²) in [5.41, 5.74) is 1.56. The van der Waals surface area contributed by atoms with Gasteiger partial charge in [-0.1, -0.05) is 19.9 Å². The van der Waals surface area contributed by atoms with Gasteiger partial charge in [0.2, 0.25) is 0 Å². The highest BCUT2D eigenvalue weighted by Crippen LogP contribution is 2.15. The van der Waals surface area contributed by atoms with Gasteiger partial charge in [-0.3, -0.25) is 9.78 Å². The molecule has 2 atom stereocenters. The van der Waals surface area contributed by atoms with Crippen LogP contribution in [0.1, 0.15) is 42.7 Å². The fourth-order valence-electron chi connectivity index (χ4n) is 2.19. The van der Waals surface area contributed by atoms with Crippen molar-refractivity contribution in [2.45, 2.75) is 38.9 Å². The third-order valence-electron chi connectivity index (χ3n) is 3.59. The second-order valence-electron chi connectivity index (χ2n) is 5.53. The predicted octanol–water partition coefficient (Wildman–Crippen LogP) is 1.43. The van der Waals surface area contributed by atoms with Crippen molar-refractivity contribution in [3.8, 4) is 0 Å². The highest BCUT2D eigenvalue weighted by molar-refractivity contribution is 5.92. The second-order valence-corrected chi connectivity index (χ2v) is 5.53. The maximum atomic E-state index is 12.4. The van der Waals surface area contributed by atoms with E-state index in [9.17, 15) is 9.90 Å². The summed E-state index contributed by atoms with van der Waals surface area (Å²) in [6.45, 7) is 7.25. The number of aromatic nitrogens is 1. The lowest BCUT2D eigenvalue weighted by atomic mass is 10.1. The Kier molecular flexibility index (Phi) is 4.73. The zero-order valence-corrected chi connectivity index (χ0v) is 12.2. The van der Waals surface area contributed by atoms with E-state index >= 15 is 0 Å². The van der Waals surface area contributed by atoms with Crippen LogP contribution in [0.4, 0.5) is 0 Å². The molecule has 1 N–H and O–H groups in total. The number of aliphatic hydroxyl groups excluding tert-OH is 1. The minimum absolute atomic E-state index is 0.103. The standard InChI is InChI=1S/C15H22N2O3/c1-10(2)12-4-5-13(16-8-12)15(19)17-6-7-20-14(9-17)11(3)18/h4-5,8,10-11,14,18H,6-7,9H2,1-3H3. The van der Waals surface area contributed by atoms with Crippen LogP contribution in [-0.2, 0) is 4.74 Å². The normalized spacial score (nSPS) is 21.1. The largest absolute Gasteiger partial charge is 0.391 e. The fraction of sp³-hybridized carbons (Fsp3) is 0.600. The number of hydrogen-bond donors (Lipinski definition) is 1. The van der Waals surface area contributed by atoms with E-state index in [2.05, 4.69) is 18.8 Å². The second kappa shape index (κ2) is 6.33. The third kappa shape index (κ3) is 3.35. The van der Waals surface area contributed by atoms with Crippen molar-refractivity contribution in [3.05, 3.63) is 29.6 Å². The number of ether oxygens (including phenoxy) is 1. The first kappa shape index (κ1) is 14.9. The zero-order valence-electron chi connectivity index (χ0n) is 12.2. The number of aliphatic hydroxyl groups is 1. The molecule has 5 heteroatoms. The highest BCUT2D eigenvalue weighted by Gasteiger charge is 2.28. The van der Waals surface area contributed by atoms with Gasteiger partial charge in [0.25, 0.3) is 5.91 Å². The van der Waals surface area contributed by atoms with E-state index in [1.807, 2.05) is 6.07 Å². The van der Waals surface area contributed by atoms with E-state index in [4.69, 9.17) is 4.74 Å². The van der Waals surface area contributed by atoms with Crippen molar-refractivity contribution in [1.29, 1.82) is 0 Å². The van der Waals surface area contributed by atoms with Crippen LogP contribution >= 0.6 is 0 Å². The summed E-state index contributed by atoms with van der Waals surface area (Å²) in [5, 5.41) is 9.57. The van der Waals surface area contributed by atoms with Crippen LogP contribution in [0.5, 0.6) is 0 Å². The van der Waals surface area contributed by atoms with Crippen LogP contribution in [0.25, 0.3) is 0 Å². The molecule has 0 aliphatic carbocycles. The maximum Gasteiger partial charge on any atom is 0.272 e. The zero-order chi connectivity index (χ0) is 14.7. The number of nitrogens with zero attached hydrogens (tertiary/aromatic N) is 2. The molecule has 1 saturated heterocycles. The lowest BCUT2D eigenvalue weighted by Gasteiger charge is -2.34. The van der Waals surface area contributed by atoms with E-state index in [0.29, 0.717) is 31.3 Å². The molecule has 1 amide bonds. The SMILES string of the molecule is CC(C)c1ccc(C(=O)N2CCOC(C(C)O)C2)nc1. The molecular weight excluding hydrogens is 256 g/mol. The lowest BCUT2D eigenvalue weighted by molar-refractivity contribution is -0.0746. The minimum atomic E-state index is -0.582. The van der Waals surface area contributed by atoms with Crippen LogP contribution in [-0.4, -0.2) is 52.8 Å². The summed E-state index contributed by atoms with van der Waals surface area (Å²) in [5.74, 6) is 0.295. The van der Waals surface area contributed by atoms with Gasteiger partial charge < -0.3 is 14.7 Å². The summed E-state index contributed by atoms with van der Waals surface area (Å²) < 4.78 is 5.44. The van der Waals surface area contributed by atoms with Gasteiger partial charge in [-0.05, 0) is 24.5 Å². The predicted molar refractivity (Wildman–Crippen MR) is 75.7 cm³/mol. The smallest absolute Gasteiger partial charge is 0.272 e. The van der Waals surface area contributed by atoms with Crippen LogP contribution < -0.4 is 0 Å². The fourth-order valence-corrected chi connectivity index (χ4v) is 2.19. The minimum Gasteiger partial charge on any atom is -0.391 e. The molecule has 0 spiro atoms. The maximum absolute atomic E-state index is 12.4. The topological polar surface area (TPSA) is 62.7 Å². The van der Waals surface area contributed by atoms with Crippen LogP contribution in [0, 0.1) is 0 Å². The number of amides is 1. The molecule has 0 saturated carbocycles. The molecule has 110 valence electrons. The summed E-state index contributed by atoms with van der Waals surface area (Å²) in [7, 11) is 0. The van der Waals surface area contributed by atoms with Gasteiger partial charge in [-0.15, -0.1) is 0 Å². The Morgan fingerprint density at radius 2 is 2.20 bits per heavy atom. The number of hydrogen-bond acceptors (Lipinski definition) is 4. The number of carbonyl (C=O) groups excluding carboxylic acids is 1. The third-order valence-corrected chi connectivity index (χ3v) is 3.59. The molecule has 1 aliphatic rings. The Morgan fingerprint density at radius 1 is 1.45 bits per heavy atom. The van der Waals surface area contributed by atoms with E-state index in [1.165, 1.54) is 0 Å². The molecule has 1 fully saturated rings. The van der Waals surface area contributed by atoms with Gasteiger partial charge in [-0.25, -0.2) is 0 Å². The Morgan fingerprint density at radius 3 is 2.75 bits per heavy atom. The highest BCUT2D eigenvalue weighted by atomic mass is 16.5. The Balaban J connectivity index is 2.06. The molecule has 2 unspecified atom stereocenters. The number of carbonyl (C=O) groups is 1. The van der Waals surface area contributed by atoms with Crippen molar-refractivity contribution in [3.63, 3.8) is 0 Å². The Bertz CT molecular complexity index is 457. The Labute approximate surface area is 119 Å². The van der Waals surface area contributed by atoms with Crippen molar-refractivity contribution in [2.75, 3.05) is 19.7 Å². The lowest BCUT2D eigenvalue weighted by Crippen LogP contribution is -2.49. The monoisotopic (exact) mass is 278 g/mol. The van der Waals surface area contributed by atoms with Crippen LogP contribution in [0.3, 0.4) is 0 Å². The van der Waals surface area contributed by atoms with Gasteiger partial charge in [0.05, 0.1) is 12.7 Å². The van der Waals surface area contributed by atoms with E-state index in [-0.39, 0.29) is 12.0 Å². The van der Waals surface area contributed by atoms with Crippen molar-refractivity contribution < 1.29 is 14.6 Å².